The molecule has 1 rings (SSSR count). The van der Waals surface area contributed by atoms with Gasteiger partial charge in [-0.15, -0.1) is 0 Å². The zero-order chi connectivity index (χ0) is 14.3. The maximum Gasteiger partial charge on any atom is 0.137 e. The van der Waals surface area contributed by atoms with Crippen LogP contribution in [0.3, 0.4) is 0 Å². The molecule has 0 heterocycles. The van der Waals surface area contributed by atoms with Crippen LogP contribution in [0.2, 0.25) is 5.02 Å². The summed E-state index contributed by atoms with van der Waals surface area (Å²) in [5.41, 5.74) is 5.90. The minimum Gasteiger partial charge on any atom is -0.330 e. The summed E-state index contributed by atoms with van der Waals surface area (Å²) in [5.74, 6) is 0.168. The van der Waals surface area contributed by atoms with E-state index in [9.17, 15) is 9.18 Å². The summed E-state index contributed by atoms with van der Waals surface area (Å²) in [6.07, 6.45) is 3.38. The van der Waals surface area contributed by atoms with E-state index in [1.54, 1.807) is 0 Å². The maximum absolute atomic E-state index is 13.5. The molecule has 1 atom stereocenters. The first kappa shape index (κ1) is 16.1. The van der Waals surface area contributed by atoms with Gasteiger partial charge in [-0.25, -0.2) is 4.39 Å². The van der Waals surface area contributed by atoms with Gasteiger partial charge >= 0.3 is 0 Å². The predicted molar refractivity (Wildman–Crippen MR) is 76.8 cm³/mol. The van der Waals surface area contributed by atoms with Crippen LogP contribution in [-0.4, -0.2) is 12.3 Å². The van der Waals surface area contributed by atoms with E-state index >= 15 is 0 Å². The van der Waals surface area contributed by atoms with Gasteiger partial charge in [0.15, 0.2) is 0 Å². The van der Waals surface area contributed by atoms with Crippen molar-refractivity contribution in [3.8, 4) is 0 Å². The molecule has 106 valence electrons. The molecule has 0 saturated carbocycles. The number of carbonyl (C=O) groups excluding carboxylic acids is 1. The van der Waals surface area contributed by atoms with E-state index in [1.807, 2.05) is 0 Å². The molecule has 1 aromatic carbocycles. The Bertz CT molecular complexity index is 423. The Morgan fingerprint density at radius 3 is 2.79 bits per heavy atom. The first-order valence-corrected chi connectivity index (χ1v) is 7.10. The minimum absolute atomic E-state index is 0.0524. The molecule has 0 aliphatic heterocycles. The highest BCUT2D eigenvalue weighted by molar-refractivity contribution is 6.30. The topological polar surface area (TPSA) is 43.1 Å². The highest BCUT2D eigenvalue weighted by Gasteiger charge is 2.12. The third-order valence-corrected chi connectivity index (χ3v) is 3.61. The molecule has 0 aliphatic carbocycles. The largest absolute Gasteiger partial charge is 0.330 e. The van der Waals surface area contributed by atoms with Gasteiger partial charge in [0.25, 0.3) is 0 Å². The Morgan fingerprint density at radius 1 is 1.42 bits per heavy atom. The van der Waals surface area contributed by atoms with E-state index in [0.29, 0.717) is 29.5 Å². The number of nitrogens with two attached hydrogens (primary N) is 1. The Morgan fingerprint density at radius 2 is 2.16 bits per heavy atom. The van der Waals surface area contributed by atoms with Crippen LogP contribution in [0.25, 0.3) is 0 Å². The van der Waals surface area contributed by atoms with Crippen molar-refractivity contribution in [3.63, 3.8) is 0 Å². The fraction of sp³-hybridized carbons (Fsp3) is 0.533. The van der Waals surface area contributed by atoms with Crippen molar-refractivity contribution in [1.82, 2.24) is 0 Å². The lowest BCUT2D eigenvalue weighted by molar-refractivity contribution is -0.118. The Hall–Kier alpha value is -0.930. The average molecular weight is 286 g/mol. The van der Waals surface area contributed by atoms with Gasteiger partial charge < -0.3 is 5.73 Å². The lowest BCUT2D eigenvalue weighted by Crippen LogP contribution is -2.11. The second-order valence-electron chi connectivity index (χ2n) is 4.84. The van der Waals surface area contributed by atoms with E-state index in [-0.39, 0.29) is 18.0 Å². The van der Waals surface area contributed by atoms with E-state index in [2.05, 4.69) is 6.92 Å². The van der Waals surface area contributed by atoms with Crippen LogP contribution in [0.4, 0.5) is 4.39 Å². The number of halogens is 2. The molecule has 1 aromatic rings. The predicted octanol–water partition coefficient (Wildman–Crippen LogP) is 3.75. The number of ketones is 1. The highest BCUT2D eigenvalue weighted by atomic mass is 35.5. The summed E-state index contributed by atoms with van der Waals surface area (Å²) >= 11 is 5.80. The van der Waals surface area contributed by atoms with Gasteiger partial charge in [0, 0.05) is 17.9 Å². The van der Waals surface area contributed by atoms with Crippen molar-refractivity contribution in [2.24, 2.45) is 11.7 Å². The Balaban J connectivity index is 2.48. The molecule has 1 unspecified atom stereocenters. The van der Waals surface area contributed by atoms with Crippen molar-refractivity contribution in [2.75, 3.05) is 6.54 Å². The normalized spacial score (nSPS) is 12.4. The van der Waals surface area contributed by atoms with E-state index in [0.717, 1.165) is 19.3 Å². The van der Waals surface area contributed by atoms with Gasteiger partial charge in [0.2, 0.25) is 0 Å². The van der Waals surface area contributed by atoms with Crippen molar-refractivity contribution in [3.05, 3.63) is 34.6 Å². The third-order valence-electron chi connectivity index (χ3n) is 3.38. The van der Waals surface area contributed by atoms with E-state index in [1.165, 1.54) is 18.2 Å². The van der Waals surface area contributed by atoms with Crippen LogP contribution < -0.4 is 5.73 Å². The average Bonchev–Trinajstić information content (AvgIpc) is 2.39. The first-order chi connectivity index (χ1) is 9.06. The molecular formula is C15H21ClFNO. The van der Waals surface area contributed by atoms with Gasteiger partial charge in [-0.3, -0.25) is 4.79 Å². The SMILES string of the molecule is CCC(CCN)CCC(=O)Cc1cc(Cl)ccc1F. The first-order valence-electron chi connectivity index (χ1n) is 6.72. The van der Waals surface area contributed by atoms with Gasteiger partial charge in [0.1, 0.15) is 11.6 Å². The lowest BCUT2D eigenvalue weighted by atomic mass is 9.94. The zero-order valence-corrected chi connectivity index (χ0v) is 12.0. The third kappa shape index (κ3) is 5.70. The van der Waals surface area contributed by atoms with Crippen LogP contribution in [-0.2, 0) is 11.2 Å². The molecule has 4 heteroatoms. The van der Waals surface area contributed by atoms with Gasteiger partial charge in [-0.1, -0.05) is 24.9 Å². The summed E-state index contributed by atoms with van der Waals surface area (Å²) in [6, 6.07) is 4.30. The second kappa shape index (κ2) is 8.28. The van der Waals surface area contributed by atoms with Crippen LogP contribution in [0, 0.1) is 11.7 Å². The number of carbonyl (C=O) groups is 1. The van der Waals surface area contributed by atoms with Crippen molar-refractivity contribution < 1.29 is 9.18 Å². The Kier molecular flexibility index (Phi) is 7.03. The fourth-order valence-electron chi connectivity index (χ4n) is 2.13. The molecular weight excluding hydrogens is 265 g/mol. The molecule has 0 amide bonds. The van der Waals surface area contributed by atoms with Crippen LogP contribution in [0.5, 0.6) is 0 Å². The van der Waals surface area contributed by atoms with Crippen LogP contribution >= 0.6 is 11.6 Å². The molecule has 2 nitrogen and oxygen atoms in total. The quantitative estimate of drug-likeness (QED) is 0.790. The minimum atomic E-state index is -0.369. The molecule has 0 fully saturated rings. The number of hydrogen-bond acceptors (Lipinski definition) is 2. The van der Waals surface area contributed by atoms with Crippen molar-refractivity contribution >= 4 is 17.4 Å². The van der Waals surface area contributed by atoms with Crippen LogP contribution in [0.15, 0.2) is 18.2 Å². The standard InChI is InChI=1S/C15H21ClFNO/c1-2-11(7-8-18)3-5-14(19)10-12-9-13(16)4-6-15(12)17/h4,6,9,11H,2-3,5,7-8,10,18H2,1H3. The smallest absolute Gasteiger partial charge is 0.137 e. The summed E-state index contributed by atoms with van der Waals surface area (Å²) in [7, 11) is 0. The molecule has 0 saturated heterocycles. The molecule has 19 heavy (non-hydrogen) atoms. The monoisotopic (exact) mass is 285 g/mol. The summed E-state index contributed by atoms with van der Waals surface area (Å²) in [5, 5.41) is 0.457. The Labute approximate surface area is 119 Å². The molecule has 0 aromatic heterocycles. The van der Waals surface area contributed by atoms with E-state index in [4.69, 9.17) is 17.3 Å². The molecule has 0 bridgehead atoms. The van der Waals surface area contributed by atoms with Gasteiger partial charge in [0.05, 0.1) is 0 Å². The zero-order valence-electron chi connectivity index (χ0n) is 11.3. The number of rotatable bonds is 8. The van der Waals surface area contributed by atoms with Gasteiger partial charge in [-0.05, 0) is 49.1 Å². The molecule has 0 radical (unpaired) electrons. The molecule has 0 aliphatic rings. The second-order valence-corrected chi connectivity index (χ2v) is 5.28. The van der Waals surface area contributed by atoms with Crippen LogP contribution in [0.1, 0.15) is 38.2 Å². The maximum atomic E-state index is 13.5. The van der Waals surface area contributed by atoms with E-state index < -0.39 is 0 Å². The number of benzene rings is 1. The summed E-state index contributed by atoms with van der Waals surface area (Å²) in [6.45, 7) is 2.75. The summed E-state index contributed by atoms with van der Waals surface area (Å²) in [4.78, 5) is 11.9. The van der Waals surface area contributed by atoms with Crippen molar-refractivity contribution in [2.45, 2.75) is 39.0 Å². The number of hydrogen-bond donors (Lipinski definition) is 1. The van der Waals surface area contributed by atoms with Gasteiger partial charge in [-0.2, -0.15) is 0 Å². The highest BCUT2D eigenvalue weighted by Crippen LogP contribution is 2.18. The van der Waals surface area contributed by atoms with Crippen molar-refractivity contribution in [1.29, 1.82) is 0 Å². The fourth-order valence-corrected chi connectivity index (χ4v) is 2.33. The summed E-state index contributed by atoms with van der Waals surface area (Å²) < 4.78 is 13.5. The molecule has 2 N–H and O–H groups in total. The molecule has 0 spiro atoms. The lowest BCUT2D eigenvalue weighted by Gasteiger charge is -2.12. The number of Topliss-reactive ketones (excluding diaryl/α,β-unsaturated/α-hetero) is 1.